The molecule has 0 amide bonds. The first kappa shape index (κ1) is 10.4. The zero-order chi connectivity index (χ0) is 10.8. The topological polar surface area (TPSA) is 33.6 Å². The number of nitrogens with one attached hydrogen (secondary N) is 1. The minimum absolute atomic E-state index is 0.618. The van der Waals surface area contributed by atoms with E-state index in [1.54, 1.807) is 0 Å². The molecule has 0 aliphatic rings. The lowest BCUT2D eigenvalue weighted by molar-refractivity contribution is 0.755. The second-order valence-corrected chi connectivity index (χ2v) is 3.87. The molecule has 1 aromatic heterocycles. The van der Waals surface area contributed by atoms with Crippen molar-refractivity contribution in [3.8, 4) is 11.4 Å². The third-order valence-corrected chi connectivity index (χ3v) is 2.83. The summed E-state index contributed by atoms with van der Waals surface area (Å²) in [5, 5.41) is 7.63. The van der Waals surface area contributed by atoms with Gasteiger partial charge < -0.3 is 4.57 Å². The van der Waals surface area contributed by atoms with E-state index in [1.165, 1.54) is 0 Å². The van der Waals surface area contributed by atoms with Crippen molar-refractivity contribution < 1.29 is 0 Å². The maximum Gasteiger partial charge on any atom is 0.195 e. The lowest BCUT2D eigenvalue weighted by Gasteiger charge is -2.04. The molecule has 2 rings (SSSR count). The summed E-state index contributed by atoms with van der Waals surface area (Å²) in [6.45, 7) is 2.79. The van der Waals surface area contributed by atoms with E-state index < -0.39 is 0 Å². The number of nitrogens with zero attached hydrogens (tertiary/aromatic N) is 2. The molecule has 0 atom stereocenters. The van der Waals surface area contributed by atoms with E-state index in [0.29, 0.717) is 9.79 Å². The van der Waals surface area contributed by atoms with E-state index in [2.05, 4.69) is 10.2 Å². The highest BCUT2D eigenvalue weighted by Crippen LogP contribution is 2.25. The van der Waals surface area contributed by atoms with E-state index in [0.717, 1.165) is 17.9 Å². The molecule has 1 heterocycles. The predicted octanol–water partition coefficient (Wildman–Crippen LogP) is 3.28. The maximum atomic E-state index is 6.10. The summed E-state index contributed by atoms with van der Waals surface area (Å²) in [6, 6.07) is 7.59. The number of rotatable bonds is 2. The van der Waals surface area contributed by atoms with Gasteiger partial charge in [0.25, 0.3) is 0 Å². The summed E-state index contributed by atoms with van der Waals surface area (Å²) in [7, 11) is 0. The molecule has 1 aromatic carbocycles. The fraction of sp³-hybridized carbons (Fsp3) is 0.200. The standard InChI is InChI=1S/C10H10ClN3S/c1-2-14-9(12-13-10(14)15)7-5-3-4-6-8(7)11/h3-6H,2H2,1H3,(H,13,15). The first-order chi connectivity index (χ1) is 7.24. The molecular weight excluding hydrogens is 230 g/mol. The van der Waals surface area contributed by atoms with Crippen molar-refractivity contribution in [2.24, 2.45) is 0 Å². The van der Waals surface area contributed by atoms with Gasteiger partial charge in [0.1, 0.15) is 0 Å². The quantitative estimate of drug-likeness (QED) is 0.816. The average Bonchev–Trinajstić information content (AvgIpc) is 2.60. The van der Waals surface area contributed by atoms with Gasteiger partial charge in [-0.1, -0.05) is 23.7 Å². The van der Waals surface area contributed by atoms with Gasteiger partial charge in [0.15, 0.2) is 10.6 Å². The van der Waals surface area contributed by atoms with Crippen molar-refractivity contribution in [3.63, 3.8) is 0 Å². The Morgan fingerprint density at radius 3 is 2.87 bits per heavy atom. The zero-order valence-electron chi connectivity index (χ0n) is 8.20. The van der Waals surface area contributed by atoms with Crippen molar-refractivity contribution in [1.29, 1.82) is 0 Å². The molecule has 78 valence electrons. The monoisotopic (exact) mass is 239 g/mol. The normalized spacial score (nSPS) is 10.5. The lowest BCUT2D eigenvalue weighted by atomic mass is 10.2. The van der Waals surface area contributed by atoms with E-state index in [9.17, 15) is 0 Å². The van der Waals surface area contributed by atoms with Crippen molar-refractivity contribution in [2.75, 3.05) is 0 Å². The smallest absolute Gasteiger partial charge is 0.195 e. The van der Waals surface area contributed by atoms with E-state index in [-0.39, 0.29) is 0 Å². The molecule has 0 spiro atoms. The van der Waals surface area contributed by atoms with Crippen LogP contribution in [0.15, 0.2) is 24.3 Å². The van der Waals surface area contributed by atoms with Crippen LogP contribution in [-0.4, -0.2) is 14.8 Å². The summed E-state index contributed by atoms with van der Waals surface area (Å²) in [6.07, 6.45) is 0. The van der Waals surface area contributed by atoms with E-state index in [4.69, 9.17) is 23.8 Å². The van der Waals surface area contributed by atoms with Crippen LogP contribution in [0.5, 0.6) is 0 Å². The molecule has 1 N–H and O–H groups in total. The molecular formula is C10H10ClN3S. The number of benzene rings is 1. The van der Waals surface area contributed by atoms with Crippen LogP contribution >= 0.6 is 23.8 Å². The molecule has 0 radical (unpaired) electrons. The largest absolute Gasteiger partial charge is 0.300 e. The summed E-state index contributed by atoms with van der Waals surface area (Å²) in [4.78, 5) is 0. The van der Waals surface area contributed by atoms with Gasteiger partial charge in [-0.25, -0.2) is 0 Å². The summed E-state index contributed by atoms with van der Waals surface area (Å²) in [5.41, 5.74) is 0.897. The Kier molecular flexibility index (Phi) is 2.88. The Morgan fingerprint density at radius 1 is 1.47 bits per heavy atom. The first-order valence-electron chi connectivity index (χ1n) is 4.64. The molecule has 0 bridgehead atoms. The van der Waals surface area contributed by atoms with Crippen LogP contribution in [0.2, 0.25) is 5.02 Å². The second-order valence-electron chi connectivity index (χ2n) is 3.08. The highest BCUT2D eigenvalue weighted by molar-refractivity contribution is 7.71. The van der Waals surface area contributed by atoms with Crippen LogP contribution in [0.3, 0.4) is 0 Å². The fourth-order valence-electron chi connectivity index (χ4n) is 1.46. The van der Waals surface area contributed by atoms with Crippen molar-refractivity contribution in [1.82, 2.24) is 14.8 Å². The van der Waals surface area contributed by atoms with Crippen LogP contribution in [0.4, 0.5) is 0 Å². The first-order valence-corrected chi connectivity index (χ1v) is 5.42. The van der Waals surface area contributed by atoms with Gasteiger partial charge in [-0.2, -0.15) is 5.10 Å². The second kappa shape index (κ2) is 4.16. The molecule has 15 heavy (non-hydrogen) atoms. The van der Waals surface area contributed by atoms with Gasteiger partial charge in [0.2, 0.25) is 0 Å². The molecule has 2 aromatic rings. The number of hydrogen-bond acceptors (Lipinski definition) is 2. The SMILES string of the molecule is CCn1c(-c2ccccc2Cl)n[nH]c1=S. The molecule has 0 aliphatic carbocycles. The van der Waals surface area contributed by atoms with Crippen LogP contribution in [-0.2, 0) is 6.54 Å². The molecule has 0 saturated heterocycles. The predicted molar refractivity (Wildman–Crippen MR) is 63.5 cm³/mol. The molecule has 0 saturated carbocycles. The molecule has 0 aliphatic heterocycles. The maximum absolute atomic E-state index is 6.10. The third-order valence-electron chi connectivity index (χ3n) is 2.19. The molecule has 5 heteroatoms. The van der Waals surface area contributed by atoms with Crippen LogP contribution in [0, 0.1) is 4.77 Å². The van der Waals surface area contributed by atoms with E-state index in [1.807, 2.05) is 35.8 Å². The van der Waals surface area contributed by atoms with Crippen molar-refractivity contribution >= 4 is 23.8 Å². The van der Waals surface area contributed by atoms with Crippen molar-refractivity contribution in [3.05, 3.63) is 34.1 Å². The Balaban J connectivity index is 2.64. The fourth-order valence-corrected chi connectivity index (χ4v) is 1.94. The number of aromatic amines is 1. The van der Waals surface area contributed by atoms with Crippen LogP contribution in [0.1, 0.15) is 6.92 Å². The Bertz CT molecular complexity index is 529. The van der Waals surface area contributed by atoms with Crippen LogP contribution < -0.4 is 0 Å². The summed E-state index contributed by atoms with van der Waals surface area (Å²) < 4.78 is 2.53. The molecule has 0 unspecified atom stereocenters. The van der Waals surface area contributed by atoms with Gasteiger partial charge in [0.05, 0.1) is 5.02 Å². The molecule has 3 nitrogen and oxygen atoms in total. The summed E-state index contributed by atoms with van der Waals surface area (Å²) in [5.74, 6) is 0.785. The van der Waals surface area contributed by atoms with Gasteiger partial charge in [-0.3, -0.25) is 5.10 Å². The van der Waals surface area contributed by atoms with Gasteiger partial charge in [-0.05, 0) is 31.3 Å². The van der Waals surface area contributed by atoms with Gasteiger partial charge in [0, 0.05) is 12.1 Å². The molecule has 0 fully saturated rings. The highest BCUT2D eigenvalue weighted by atomic mass is 35.5. The van der Waals surface area contributed by atoms with Gasteiger partial charge >= 0.3 is 0 Å². The number of halogens is 1. The number of hydrogen-bond donors (Lipinski definition) is 1. The van der Waals surface area contributed by atoms with Crippen molar-refractivity contribution in [2.45, 2.75) is 13.5 Å². The highest BCUT2D eigenvalue weighted by Gasteiger charge is 2.09. The zero-order valence-corrected chi connectivity index (χ0v) is 9.77. The Morgan fingerprint density at radius 2 is 2.20 bits per heavy atom. The lowest BCUT2D eigenvalue weighted by Crippen LogP contribution is -1.97. The minimum Gasteiger partial charge on any atom is -0.300 e. The van der Waals surface area contributed by atoms with Gasteiger partial charge in [-0.15, -0.1) is 0 Å². The number of H-pyrrole nitrogens is 1. The Labute approximate surface area is 97.7 Å². The average molecular weight is 240 g/mol. The Hall–Kier alpha value is -1.13. The number of aromatic nitrogens is 3. The van der Waals surface area contributed by atoms with E-state index >= 15 is 0 Å². The summed E-state index contributed by atoms with van der Waals surface area (Å²) >= 11 is 11.2. The third kappa shape index (κ3) is 1.82. The van der Waals surface area contributed by atoms with Crippen LogP contribution in [0.25, 0.3) is 11.4 Å². The minimum atomic E-state index is 0.618.